The van der Waals surface area contributed by atoms with Crippen LogP contribution in [0.1, 0.15) is 25.3 Å². The third kappa shape index (κ3) is 3.78. The van der Waals surface area contributed by atoms with Crippen LogP contribution in [0.5, 0.6) is 0 Å². The Morgan fingerprint density at radius 3 is 2.68 bits per heavy atom. The van der Waals surface area contributed by atoms with Crippen LogP contribution in [0.4, 0.5) is 0 Å². The van der Waals surface area contributed by atoms with Crippen molar-refractivity contribution in [2.45, 2.75) is 25.8 Å². The summed E-state index contributed by atoms with van der Waals surface area (Å²) in [5, 5.41) is 3.26. The van der Waals surface area contributed by atoms with E-state index in [1.165, 1.54) is 0 Å². The van der Waals surface area contributed by atoms with Crippen LogP contribution in [0.2, 0.25) is 0 Å². The van der Waals surface area contributed by atoms with E-state index >= 15 is 0 Å². The number of rotatable bonds is 4. The Bertz CT molecular complexity index is 501. The van der Waals surface area contributed by atoms with Crippen molar-refractivity contribution >= 4 is 10.0 Å². The molecule has 0 bridgehead atoms. The van der Waals surface area contributed by atoms with Gasteiger partial charge in [-0.3, -0.25) is 0 Å². The fourth-order valence-electron chi connectivity index (χ4n) is 2.45. The Labute approximate surface area is 115 Å². The van der Waals surface area contributed by atoms with Crippen LogP contribution in [0.25, 0.3) is 0 Å². The molecule has 0 aromatic heterocycles. The molecule has 1 heterocycles. The maximum atomic E-state index is 12.4. The number of hydrogen-bond donors (Lipinski definition) is 1. The summed E-state index contributed by atoms with van der Waals surface area (Å²) in [7, 11) is -3.17. The molecule has 1 saturated heterocycles. The van der Waals surface area contributed by atoms with E-state index in [0.29, 0.717) is 13.1 Å². The van der Waals surface area contributed by atoms with E-state index in [9.17, 15) is 8.42 Å². The van der Waals surface area contributed by atoms with E-state index in [2.05, 4.69) is 5.32 Å². The van der Waals surface area contributed by atoms with Crippen LogP contribution < -0.4 is 5.32 Å². The van der Waals surface area contributed by atoms with Gasteiger partial charge in [-0.2, -0.15) is 4.31 Å². The Morgan fingerprint density at radius 2 is 2.05 bits per heavy atom. The SMILES string of the molecule is CC(CS(=O)(=O)N1CCN[C@H](C)C1)c1ccccc1. The lowest BCUT2D eigenvalue weighted by Gasteiger charge is -2.31. The Kier molecular flexibility index (Phi) is 4.60. The minimum absolute atomic E-state index is 0.0244. The van der Waals surface area contributed by atoms with E-state index in [0.717, 1.165) is 12.1 Å². The van der Waals surface area contributed by atoms with Crippen molar-refractivity contribution in [1.29, 1.82) is 0 Å². The fraction of sp³-hybridized carbons (Fsp3) is 0.571. The molecule has 1 aromatic rings. The average molecular weight is 282 g/mol. The molecule has 0 spiro atoms. The lowest BCUT2D eigenvalue weighted by atomic mass is 10.0. The zero-order valence-electron chi connectivity index (χ0n) is 11.5. The number of benzene rings is 1. The molecule has 5 heteroatoms. The molecule has 0 amide bonds. The van der Waals surface area contributed by atoms with E-state index < -0.39 is 10.0 Å². The van der Waals surface area contributed by atoms with E-state index in [4.69, 9.17) is 0 Å². The van der Waals surface area contributed by atoms with Crippen molar-refractivity contribution < 1.29 is 8.42 Å². The fourth-order valence-corrected chi connectivity index (χ4v) is 4.30. The Hall–Kier alpha value is -0.910. The number of hydrogen-bond acceptors (Lipinski definition) is 3. The number of sulfonamides is 1. The summed E-state index contributed by atoms with van der Waals surface area (Å²) < 4.78 is 26.4. The third-order valence-corrected chi connectivity index (χ3v) is 5.59. The van der Waals surface area contributed by atoms with Crippen molar-refractivity contribution in [3.8, 4) is 0 Å². The van der Waals surface area contributed by atoms with Crippen LogP contribution in [0.3, 0.4) is 0 Å². The first-order valence-electron chi connectivity index (χ1n) is 6.75. The van der Waals surface area contributed by atoms with Gasteiger partial charge in [-0.05, 0) is 18.4 Å². The smallest absolute Gasteiger partial charge is 0.214 e. The summed E-state index contributed by atoms with van der Waals surface area (Å²) in [5.74, 6) is 0.209. The highest BCUT2D eigenvalue weighted by molar-refractivity contribution is 7.89. The summed E-state index contributed by atoms with van der Waals surface area (Å²) in [6, 6.07) is 10.1. The number of nitrogens with zero attached hydrogens (tertiary/aromatic N) is 1. The van der Waals surface area contributed by atoms with Gasteiger partial charge in [0.25, 0.3) is 0 Å². The normalized spacial score (nSPS) is 23.2. The predicted octanol–water partition coefficient (Wildman–Crippen LogP) is 1.41. The zero-order chi connectivity index (χ0) is 13.9. The van der Waals surface area contributed by atoms with Gasteiger partial charge < -0.3 is 5.32 Å². The molecule has 1 N–H and O–H groups in total. The van der Waals surface area contributed by atoms with Gasteiger partial charge in [0.15, 0.2) is 0 Å². The van der Waals surface area contributed by atoms with Crippen LogP contribution in [-0.2, 0) is 10.0 Å². The maximum absolute atomic E-state index is 12.4. The van der Waals surface area contributed by atoms with Crippen molar-refractivity contribution in [2.24, 2.45) is 0 Å². The molecular weight excluding hydrogens is 260 g/mol. The minimum atomic E-state index is -3.17. The van der Waals surface area contributed by atoms with Gasteiger partial charge in [-0.15, -0.1) is 0 Å². The first-order chi connectivity index (χ1) is 8.99. The Balaban J connectivity index is 2.04. The molecular formula is C14H22N2O2S. The van der Waals surface area contributed by atoms with Crippen molar-refractivity contribution in [2.75, 3.05) is 25.4 Å². The maximum Gasteiger partial charge on any atom is 0.214 e. The van der Waals surface area contributed by atoms with Crippen molar-refractivity contribution in [1.82, 2.24) is 9.62 Å². The lowest BCUT2D eigenvalue weighted by molar-refractivity contribution is 0.309. The van der Waals surface area contributed by atoms with Crippen LogP contribution >= 0.6 is 0 Å². The highest BCUT2D eigenvalue weighted by atomic mass is 32.2. The van der Waals surface area contributed by atoms with Crippen molar-refractivity contribution in [3.63, 3.8) is 0 Å². The second kappa shape index (κ2) is 6.03. The molecule has 1 fully saturated rings. The molecule has 19 heavy (non-hydrogen) atoms. The molecule has 1 aliphatic heterocycles. The quantitative estimate of drug-likeness (QED) is 0.908. The van der Waals surface area contributed by atoms with Gasteiger partial charge in [0.05, 0.1) is 5.75 Å². The summed E-state index contributed by atoms with van der Waals surface area (Å²) in [6.07, 6.45) is 0. The van der Waals surface area contributed by atoms with Gasteiger partial charge in [0.1, 0.15) is 0 Å². The summed E-state index contributed by atoms with van der Waals surface area (Å²) in [5.41, 5.74) is 1.08. The summed E-state index contributed by atoms with van der Waals surface area (Å²) in [4.78, 5) is 0. The number of nitrogens with one attached hydrogen (secondary N) is 1. The van der Waals surface area contributed by atoms with Crippen LogP contribution in [0, 0.1) is 0 Å². The average Bonchev–Trinajstić information content (AvgIpc) is 2.39. The third-order valence-electron chi connectivity index (χ3n) is 3.55. The monoisotopic (exact) mass is 282 g/mol. The first-order valence-corrected chi connectivity index (χ1v) is 8.36. The predicted molar refractivity (Wildman–Crippen MR) is 77.7 cm³/mol. The summed E-state index contributed by atoms with van der Waals surface area (Å²) in [6.45, 7) is 5.87. The topological polar surface area (TPSA) is 49.4 Å². The summed E-state index contributed by atoms with van der Waals surface area (Å²) >= 11 is 0. The van der Waals surface area contributed by atoms with Gasteiger partial charge in [0, 0.05) is 25.7 Å². The molecule has 0 radical (unpaired) electrons. The molecule has 1 unspecified atom stereocenters. The molecule has 106 valence electrons. The first kappa shape index (κ1) is 14.5. The number of piperazine rings is 1. The molecule has 0 aliphatic carbocycles. The van der Waals surface area contributed by atoms with E-state index in [1.54, 1.807) is 4.31 Å². The largest absolute Gasteiger partial charge is 0.312 e. The van der Waals surface area contributed by atoms with Crippen LogP contribution in [-0.4, -0.2) is 44.2 Å². The standard InChI is InChI=1S/C14H22N2O2S/c1-12(14-6-4-3-5-7-14)11-19(17,18)16-9-8-15-13(2)10-16/h3-7,12-13,15H,8-11H2,1-2H3/t12?,13-/m1/s1. The minimum Gasteiger partial charge on any atom is -0.312 e. The van der Waals surface area contributed by atoms with Gasteiger partial charge >= 0.3 is 0 Å². The van der Waals surface area contributed by atoms with Gasteiger partial charge in [-0.1, -0.05) is 37.3 Å². The van der Waals surface area contributed by atoms with Gasteiger partial charge in [-0.25, -0.2) is 8.42 Å². The Morgan fingerprint density at radius 1 is 1.37 bits per heavy atom. The second-order valence-electron chi connectivity index (χ2n) is 5.30. The van der Waals surface area contributed by atoms with Crippen molar-refractivity contribution in [3.05, 3.63) is 35.9 Å². The second-order valence-corrected chi connectivity index (χ2v) is 7.32. The molecule has 0 saturated carbocycles. The lowest BCUT2D eigenvalue weighted by Crippen LogP contribution is -2.52. The zero-order valence-corrected chi connectivity index (χ0v) is 12.4. The molecule has 1 aromatic carbocycles. The highest BCUT2D eigenvalue weighted by Crippen LogP contribution is 2.19. The molecule has 4 nitrogen and oxygen atoms in total. The molecule has 1 aliphatic rings. The van der Waals surface area contributed by atoms with Crippen LogP contribution in [0.15, 0.2) is 30.3 Å². The van der Waals surface area contributed by atoms with Gasteiger partial charge in [0.2, 0.25) is 10.0 Å². The highest BCUT2D eigenvalue weighted by Gasteiger charge is 2.28. The molecule has 2 atom stereocenters. The van der Waals surface area contributed by atoms with E-state index in [-0.39, 0.29) is 17.7 Å². The van der Waals surface area contributed by atoms with E-state index in [1.807, 2.05) is 44.2 Å². The molecule has 2 rings (SSSR count).